The summed E-state index contributed by atoms with van der Waals surface area (Å²) in [7, 11) is -4.20. The number of nitrogens with one attached hydrogen (secondary N) is 1. The number of carbonyl (C=O) groups excluding carboxylic acids is 2. The van der Waals surface area contributed by atoms with Gasteiger partial charge >= 0.3 is 0 Å². The minimum absolute atomic E-state index is 0.00248. The van der Waals surface area contributed by atoms with Gasteiger partial charge in [-0.2, -0.15) is 0 Å². The van der Waals surface area contributed by atoms with Crippen LogP contribution in [0.25, 0.3) is 0 Å². The molecular weight excluding hydrogens is 529 g/mol. The number of hydrogen-bond acceptors (Lipinski definition) is 4. The van der Waals surface area contributed by atoms with E-state index in [1.165, 1.54) is 48.2 Å². The molecule has 0 bridgehead atoms. The summed E-state index contributed by atoms with van der Waals surface area (Å²) < 4.78 is 43.2. The van der Waals surface area contributed by atoms with Crippen molar-refractivity contribution in [1.29, 1.82) is 0 Å². The molecule has 0 aliphatic carbocycles. The van der Waals surface area contributed by atoms with E-state index in [1.54, 1.807) is 44.2 Å². The summed E-state index contributed by atoms with van der Waals surface area (Å²) >= 11 is 6.11. The van der Waals surface area contributed by atoms with E-state index in [-0.39, 0.29) is 22.7 Å². The molecule has 0 saturated heterocycles. The topological polar surface area (TPSA) is 86.8 Å². The van der Waals surface area contributed by atoms with Crippen LogP contribution in [0.4, 0.5) is 10.1 Å². The number of amides is 2. The van der Waals surface area contributed by atoms with Crippen molar-refractivity contribution in [2.75, 3.05) is 17.4 Å². The molecular formula is C28H31ClFN3O4S. The van der Waals surface area contributed by atoms with E-state index in [4.69, 9.17) is 11.6 Å². The average Bonchev–Trinajstić information content (AvgIpc) is 2.87. The van der Waals surface area contributed by atoms with Gasteiger partial charge in [-0.05, 0) is 69.7 Å². The Morgan fingerprint density at radius 1 is 1.03 bits per heavy atom. The number of benzene rings is 3. The van der Waals surface area contributed by atoms with Crippen LogP contribution in [0.15, 0.2) is 71.6 Å². The van der Waals surface area contributed by atoms with E-state index in [0.29, 0.717) is 17.1 Å². The monoisotopic (exact) mass is 559 g/mol. The lowest BCUT2D eigenvalue weighted by atomic mass is 10.1. The lowest BCUT2D eigenvalue weighted by Gasteiger charge is -2.32. The van der Waals surface area contributed by atoms with Crippen LogP contribution < -0.4 is 9.62 Å². The molecule has 0 saturated carbocycles. The van der Waals surface area contributed by atoms with E-state index < -0.39 is 40.2 Å². The molecule has 0 spiro atoms. The summed E-state index contributed by atoms with van der Waals surface area (Å²) in [4.78, 5) is 27.7. The number of hydrogen-bond donors (Lipinski definition) is 1. The second-order valence-electron chi connectivity index (χ2n) is 8.94. The fourth-order valence-electron chi connectivity index (χ4n) is 3.96. The van der Waals surface area contributed by atoms with Gasteiger partial charge in [0.1, 0.15) is 18.4 Å². The Hall–Kier alpha value is -3.43. The SMILES string of the molecule is CCNC(=O)[C@@H](C)N(Cc1ccccc1F)C(=O)CN(c1ccc(Cl)cc1C)S(=O)(=O)c1ccc(C)cc1. The first kappa shape index (κ1) is 29.1. The van der Waals surface area contributed by atoms with Crippen molar-refractivity contribution in [3.8, 4) is 0 Å². The fraction of sp³-hybridized carbons (Fsp3) is 0.286. The van der Waals surface area contributed by atoms with Gasteiger partial charge in [-0.25, -0.2) is 12.8 Å². The summed E-state index contributed by atoms with van der Waals surface area (Å²) in [5.74, 6) is -1.64. The van der Waals surface area contributed by atoms with Crippen molar-refractivity contribution >= 4 is 39.1 Å². The second-order valence-corrected chi connectivity index (χ2v) is 11.2. The van der Waals surface area contributed by atoms with Crippen LogP contribution >= 0.6 is 11.6 Å². The van der Waals surface area contributed by atoms with E-state index in [0.717, 1.165) is 9.87 Å². The molecule has 0 aromatic heterocycles. The summed E-state index contributed by atoms with van der Waals surface area (Å²) in [6, 6.07) is 15.9. The third-order valence-electron chi connectivity index (χ3n) is 6.13. The van der Waals surface area contributed by atoms with Gasteiger partial charge in [-0.3, -0.25) is 13.9 Å². The summed E-state index contributed by atoms with van der Waals surface area (Å²) in [6.45, 7) is 6.30. The smallest absolute Gasteiger partial charge is 0.264 e. The zero-order chi connectivity index (χ0) is 28.0. The molecule has 38 heavy (non-hydrogen) atoms. The van der Waals surface area contributed by atoms with Gasteiger partial charge < -0.3 is 10.2 Å². The molecule has 0 unspecified atom stereocenters. The van der Waals surface area contributed by atoms with Gasteiger partial charge in [0.2, 0.25) is 11.8 Å². The molecule has 1 N–H and O–H groups in total. The Morgan fingerprint density at radius 2 is 1.68 bits per heavy atom. The number of anilines is 1. The number of likely N-dealkylation sites (N-methyl/N-ethyl adjacent to an activating group) is 1. The highest BCUT2D eigenvalue weighted by molar-refractivity contribution is 7.92. The number of aryl methyl sites for hydroxylation is 2. The molecule has 0 fully saturated rings. The minimum atomic E-state index is -4.20. The number of rotatable bonds is 10. The average molecular weight is 560 g/mol. The first-order chi connectivity index (χ1) is 17.9. The maximum absolute atomic E-state index is 14.5. The third kappa shape index (κ3) is 6.71. The molecule has 0 aliphatic rings. The van der Waals surface area contributed by atoms with Crippen molar-refractivity contribution < 1.29 is 22.4 Å². The first-order valence-electron chi connectivity index (χ1n) is 12.1. The Labute approximate surface area is 228 Å². The number of halogens is 2. The van der Waals surface area contributed by atoms with E-state index >= 15 is 0 Å². The molecule has 7 nitrogen and oxygen atoms in total. The minimum Gasteiger partial charge on any atom is -0.355 e. The third-order valence-corrected chi connectivity index (χ3v) is 8.14. The molecule has 0 heterocycles. The van der Waals surface area contributed by atoms with Gasteiger partial charge in [0.05, 0.1) is 10.6 Å². The normalized spacial score (nSPS) is 12.1. The molecule has 0 radical (unpaired) electrons. The van der Waals surface area contributed by atoms with E-state index in [2.05, 4.69) is 5.32 Å². The summed E-state index contributed by atoms with van der Waals surface area (Å²) in [5.41, 5.74) is 1.88. The Morgan fingerprint density at radius 3 is 2.29 bits per heavy atom. The van der Waals surface area contributed by atoms with Crippen molar-refractivity contribution in [3.63, 3.8) is 0 Å². The van der Waals surface area contributed by atoms with Gasteiger partial charge in [0, 0.05) is 23.7 Å². The van der Waals surface area contributed by atoms with Crippen LogP contribution in [0.2, 0.25) is 5.02 Å². The van der Waals surface area contributed by atoms with Crippen molar-refractivity contribution in [3.05, 3.63) is 94.3 Å². The maximum atomic E-state index is 14.5. The highest BCUT2D eigenvalue weighted by atomic mass is 35.5. The highest BCUT2D eigenvalue weighted by Gasteiger charge is 2.33. The highest BCUT2D eigenvalue weighted by Crippen LogP contribution is 2.29. The van der Waals surface area contributed by atoms with E-state index in [1.807, 2.05) is 6.92 Å². The van der Waals surface area contributed by atoms with Crippen molar-refractivity contribution in [2.24, 2.45) is 0 Å². The molecule has 10 heteroatoms. The largest absolute Gasteiger partial charge is 0.355 e. The molecule has 3 aromatic carbocycles. The molecule has 3 rings (SSSR count). The van der Waals surface area contributed by atoms with Gasteiger partial charge in [0.15, 0.2) is 0 Å². The molecule has 2 amide bonds. The molecule has 1 atom stereocenters. The van der Waals surface area contributed by atoms with Gasteiger partial charge in [-0.15, -0.1) is 0 Å². The zero-order valence-corrected chi connectivity index (χ0v) is 23.3. The van der Waals surface area contributed by atoms with Crippen molar-refractivity contribution in [1.82, 2.24) is 10.2 Å². The Bertz CT molecular complexity index is 1410. The van der Waals surface area contributed by atoms with Crippen LogP contribution in [0.1, 0.15) is 30.5 Å². The van der Waals surface area contributed by atoms with Gasteiger partial charge in [0.25, 0.3) is 10.0 Å². The van der Waals surface area contributed by atoms with E-state index in [9.17, 15) is 22.4 Å². The lowest BCUT2D eigenvalue weighted by molar-refractivity contribution is -0.139. The maximum Gasteiger partial charge on any atom is 0.264 e. The molecule has 3 aromatic rings. The number of carbonyl (C=O) groups is 2. The Kier molecular flexibility index (Phi) is 9.51. The zero-order valence-electron chi connectivity index (χ0n) is 21.7. The van der Waals surface area contributed by atoms with Gasteiger partial charge in [-0.1, -0.05) is 47.5 Å². The predicted octanol–water partition coefficient (Wildman–Crippen LogP) is 4.84. The quantitative estimate of drug-likeness (QED) is 0.385. The van der Waals surface area contributed by atoms with Crippen LogP contribution in [-0.2, 0) is 26.2 Å². The lowest BCUT2D eigenvalue weighted by Crippen LogP contribution is -2.51. The van der Waals surface area contributed by atoms with Crippen LogP contribution in [0, 0.1) is 19.7 Å². The Balaban J connectivity index is 2.08. The van der Waals surface area contributed by atoms with Crippen LogP contribution in [-0.4, -0.2) is 44.3 Å². The predicted molar refractivity (Wildman–Crippen MR) is 147 cm³/mol. The fourth-order valence-corrected chi connectivity index (χ4v) is 5.67. The molecule has 0 aliphatic heterocycles. The summed E-state index contributed by atoms with van der Waals surface area (Å²) in [6.07, 6.45) is 0. The molecule has 202 valence electrons. The van der Waals surface area contributed by atoms with Crippen LogP contribution in [0.5, 0.6) is 0 Å². The number of sulfonamides is 1. The van der Waals surface area contributed by atoms with Crippen LogP contribution in [0.3, 0.4) is 0 Å². The first-order valence-corrected chi connectivity index (χ1v) is 13.9. The standard InChI is InChI=1S/C28H31ClFN3O4S/c1-5-31-28(35)21(4)32(17-22-8-6-7-9-25(22)30)27(34)18-33(26-15-12-23(29)16-20(26)3)38(36,37)24-13-10-19(2)11-14-24/h6-16,21H,5,17-18H2,1-4H3,(H,31,35)/t21-/m1/s1. The number of nitrogens with zero attached hydrogens (tertiary/aromatic N) is 2. The van der Waals surface area contributed by atoms with Crippen molar-refractivity contribution in [2.45, 2.75) is 45.2 Å². The summed E-state index contributed by atoms with van der Waals surface area (Å²) in [5, 5.41) is 3.08. The second kappa shape index (κ2) is 12.4.